The quantitative estimate of drug-likeness (QED) is 0.595. The highest BCUT2D eigenvalue weighted by Crippen LogP contribution is 2.29. The molecule has 0 spiro atoms. The van der Waals surface area contributed by atoms with Crippen LogP contribution in [-0.4, -0.2) is 25.5 Å². The molecule has 3 aromatic rings. The van der Waals surface area contributed by atoms with Crippen LogP contribution in [0.5, 0.6) is 11.5 Å². The second-order valence-corrected chi connectivity index (χ2v) is 7.33. The zero-order valence-corrected chi connectivity index (χ0v) is 17.3. The summed E-state index contributed by atoms with van der Waals surface area (Å²) in [5.74, 6) is 0.632. The Morgan fingerprint density at radius 2 is 1.83 bits per heavy atom. The van der Waals surface area contributed by atoms with Crippen LogP contribution in [0.25, 0.3) is 0 Å². The maximum absolute atomic E-state index is 12.3. The summed E-state index contributed by atoms with van der Waals surface area (Å²) in [6.45, 7) is 3.84. The number of aryl methyl sites for hydroxylation is 1. The first kappa shape index (κ1) is 20.4. The summed E-state index contributed by atoms with van der Waals surface area (Å²) in [5, 5.41) is 7.42. The Morgan fingerprint density at radius 1 is 1.00 bits per heavy atom. The number of anilines is 2. The van der Waals surface area contributed by atoms with E-state index in [-0.39, 0.29) is 18.4 Å². The van der Waals surface area contributed by atoms with Crippen LogP contribution in [0, 0.1) is 13.8 Å². The highest BCUT2D eigenvalue weighted by molar-refractivity contribution is 7.12. The molecule has 150 valence electrons. The van der Waals surface area contributed by atoms with E-state index >= 15 is 0 Å². The van der Waals surface area contributed by atoms with Crippen LogP contribution in [0.1, 0.15) is 20.8 Å². The minimum atomic E-state index is -0.289. The van der Waals surface area contributed by atoms with Gasteiger partial charge in [-0.1, -0.05) is 18.2 Å². The van der Waals surface area contributed by atoms with E-state index < -0.39 is 0 Å². The second kappa shape index (κ2) is 9.25. The van der Waals surface area contributed by atoms with Crippen LogP contribution >= 0.6 is 11.3 Å². The smallest absolute Gasteiger partial charge is 0.265 e. The number of nitrogens with one attached hydrogen (secondary N) is 2. The zero-order valence-electron chi connectivity index (χ0n) is 16.4. The van der Waals surface area contributed by atoms with Crippen LogP contribution in [0.3, 0.4) is 0 Å². The molecular weight excluding hydrogens is 388 g/mol. The number of benzene rings is 2. The average molecular weight is 410 g/mol. The van der Waals surface area contributed by atoms with E-state index in [1.165, 1.54) is 18.4 Å². The minimum Gasteiger partial charge on any atom is -0.494 e. The number of carbonyl (C=O) groups excluding carboxylic acids is 2. The molecule has 3 rings (SSSR count). The molecule has 0 aliphatic heterocycles. The number of amides is 2. The SMILES string of the molecule is COc1cc(NC(=O)COc2cccc(C)c2C)ccc1NC(=O)c1cccs1. The van der Waals surface area contributed by atoms with Gasteiger partial charge >= 0.3 is 0 Å². The Hall–Kier alpha value is -3.32. The molecule has 7 heteroatoms. The lowest BCUT2D eigenvalue weighted by atomic mass is 10.1. The third-order valence-electron chi connectivity index (χ3n) is 4.39. The molecule has 29 heavy (non-hydrogen) atoms. The Bertz CT molecular complexity index is 1020. The molecule has 1 aromatic heterocycles. The number of methoxy groups -OCH3 is 1. The molecule has 0 aliphatic rings. The molecule has 0 aliphatic carbocycles. The molecule has 2 N–H and O–H groups in total. The number of hydrogen-bond acceptors (Lipinski definition) is 5. The van der Waals surface area contributed by atoms with E-state index in [0.717, 1.165) is 11.1 Å². The topological polar surface area (TPSA) is 76.7 Å². The fourth-order valence-corrected chi connectivity index (χ4v) is 3.30. The van der Waals surface area contributed by atoms with Gasteiger partial charge in [0.25, 0.3) is 11.8 Å². The molecule has 6 nitrogen and oxygen atoms in total. The first-order chi connectivity index (χ1) is 14.0. The highest BCUT2D eigenvalue weighted by atomic mass is 32.1. The van der Waals surface area contributed by atoms with E-state index in [1.807, 2.05) is 43.5 Å². The number of carbonyl (C=O) groups is 2. The van der Waals surface area contributed by atoms with Gasteiger partial charge in [-0.2, -0.15) is 0 Å². The number of rotatable bonds is 7. The van der Waals surface area contributed by atoms with Crippen molar-refractivity contribution in [2.24, 2.45) is 0 Å². The fraction of sp³-hybridized carbons (Fsp3) is 0.182. The van der Waals surface area contributed by atoms with E-state index in [4.69, 9.17) is 9.47 Å². The third kappa shape index (κ3) is 5.14. The second-order valence-electron chi connectivity index (χ2n) is 6.38. The van der Waals surface area contributed by atoms with E-state index in [9.17, 15) is 9.59 Å². The molecule has 0 fully saturated rings. The lowest BCUT2D eigenvalue weighted by molar-refractivity contribution is -0.118. The van der Waals surface area contributed by atoms with E-state index in [1.54, 1.807) is 24.3 Å². The predicted molar refractivity (Wildman–Crippen MR) is 115 cm³/mol. The van der Waals surface area contributed by atoms with Gasteiger partial charge < -0.3 is 20.1 Å². The predicted octanol–water partition coefficient (Wildman–Crippen LogP) is 4.64. The largest absolute Gasteiger partial charge is 0.494 e. The molecule has 0 radical (unpaired) electrons. The van der Waals surface area contributed by atoms with Gasteiger partial charge in [0.05, 0.1) is 17.7 Å². The van der Waals surface area contributed by atoms with Crippen molar-refractivity contribution in [1.29, 1.82) is 0 Å². The van der Waals surface area contributed by atoms with Gasteiger partial charge in [-0.15, -0.1) is 11.3 Å². The van der Waals surface area contributed by atoms with Crippen LogP contribution in [-0.2, 0) is 4.79 Å². The van der Waals surface area contributed by atoms with Gasteiger partial charge in [-0.05, 0) is 54.6 Å². The van der Waals surface area contributed by atoms with Gasteiger partial charge in [0.15, 0.2) is 6.61 Å². The molecule has 0 saturated carbocycles. The summed E-state index contributed by atoms with van der Waals surface area (Å²) in [6.07, 6.45) is 0. The first-order valence-electron chi connectivity index (χ1n) is 8.99. The third-order valence-corrected chi connectivity index (χ3v) is 5.26. The summed E-state index contributed by atoms with van der Waals surface area (Å²) >= 11 is 1.36. The van der Waals surface area contributed by atoms with Gasteiger partial charge in [-0.25, -0.2) is 0 Å². The van der Waals surface area contributed by atoms with E-state index in [0.29, 0.717) is 27.8 Å². The number of hydrogen-bond donors (Lipinski definition) is 2. The fourth-order valence-electron chi connectivity index (χ4n) is 2.68. The Balaban J connectivity index is 1.62. The van der Waals surface area contributed by atoms with Crippen molar-refractivity contribution >= 4 is 34.5 Å². The van der Waals surface area contributed by atoms with Crippen LogP contribution in [0.4, 0.5) is 11.4 Å². The molecule has 1 heterocycles. The van der Waals surface area contributed by atoms with Crippen molar-refractivity contribution < 1.29 is 19.1 Å². The zero-order chi connectivity index (χ0) is 20.8. The van der Waals surface area contributed by atoms with Crippen molar-refractivity contribution in [3.05, 3.63) is 69.9 Å². The van der Waals surface area contributed by atoms with Crippen LogP contribution in [0.15, 0.2) is 53.9 Å². The van der Waals surface area contributed by atoms with Crippen molar-refractivity contribution in [3.63, 3.8) is 0 Å². The normalized spacial score (nSPS) is 10.3. The van der Waals surface area contributed by atoms with Crippen molar-refractivity contribution in [3.8, 4) is 11.5 Å². The summed E-state index contributed by atoms with van der Waals surface area (Å²) < 4.78 is 11.0. The molecule has 2 aromatic carbocycles. The van der Waals surface area contributed by atoms with Gasteiger partial charge in [0, 0.05) is 11.8 Å². The molecular formula is C22H22N2O4S. The molecule has 0 saturated heterocycles. The average Bonchev–Trinajstić information content (AvgIpc) is 3.25. The van der Waals surface area contributed by atoms with Crippen LogP contribution in [0.2, 0.25) is 0 Å². The van der Waals surface area contributed by atoms with Gasteiger partial charge in [0.2, 0.25) is 0 Å². The monoisotopic (exact) mass is 410 g/mol. The summed E-state index contributed by atoms with van der Waals surface area (Å²) in [5.41, 5.74) is 3.18. The highest BCUT2D eigenvalue weighted by Gasteiger charge is 2.13. The number of ether oxygens (including phenoxy) is 2. The van der Waals surface area contributed by atoms with E-state index in [2.05, 4.69) is 10.6 Å². The minimum absolute atomic E-state index is 0.108. The Kier molecular flexibility index (Phi) is 6.51. The van der Waals surface area contributed by atoms with Crippen molar-refractivity contribution in [1.82, 2.24) is 0 Å². The maximum atomic E-state index is 12.3. The lowest BCUT2D eigenvalue weighted by Crippen LogP contribution is -2.20. The standard InChI is InChI=1S/C22H22N2O4S/c1-14-6-4-7-18(15(14)2)28-13-21(25)23-16-9-10-17(19(12-16)27-3)24-22(26)20-8-5-11-29-20/h4-12H,13H2,1-3H3,(H,23,25)(H,24,26). The van der Waals surface area contributed by atoms with Crippen LogP contribution < -0.4 is 20.1 Å². The number of thiophene rings is 1. The molecule has 0 atom stereocenters. The summed E-state index contributed by atoms with van der Waals surface area (Å²) in [7, 11) is 1.51. The Labute approximate surface area is 173 Å². The van der Waals surface area contributed by atoms with Gasteiger partial charge in [0.1, 0.15) is 11.5 Å². The first-order valence-corrected chi connectivity index (χ1v) is 9.87. The van der Waals surface area contributed by atoms with Gasteiger partial charge in [-0.3, -0.25) is 9.59 Å². The van der Waals surface area contributed by atoms with Crippen molar-refractivity contribution in [2.75, 3.05) is 24.4 Å². The summed E-state index contributed by atoms with van der Waals surface area (Å²) in [4.78, 5) is 25.1. The molecule has 0 unspecified atom stereocenters. The Morgan fingerprint density at radius 3 is 2.55 bits per heavy atom. The van der Waals surface area contributed by atoms with Crippen molar-refractivity contribution in [2.45, 2.75) is 13.8 Å². The summed E-state index contributed by atoms with van der Waals surface area (Å²) in [6, 6.07) is 14.3. The molecule has 2 amide bonds. The maximum Gasteiger partial charge on any atom is 0.265 e. The lowest BCUT2D eigenvalue weighted by Gasteiger charge is -2.13. The molecule has 0 bridgehead atoms.